The van der Waals surface area contributed by atoms with E-state index in [4.69, 9.17) is 23.2 Å². The zero-order chi connectivity index (χ0) is 13.8. The van der Waals surface area contributed by atoms with E-state index in [1.165, 1.54) is 6.07 Å². The molecular weight excluding hydrogens is 284 g/mol. The Morgan fingerprint density at radius 1 is 1.11 bits per heavy atom. The van der Waals surface area contributed by atoms with Crippen LogP contribution in [-0.2, 0) is 6.54 Å². The van der Waals surface area contributed by atoms with Crippen LogP contribution >= 0.6 is 23.2 Å². The molecule has 0 aromatic heterocycles. The van der Waals surface area contributed by atoms with E-state index in [9.17, 15) is 4.39 Å². The molecular formula is C15H14Cl2FN. The lowest BCUT2D eigenvalue weighted by Gasteiger charge is -2.15. The predicted octanol–water partition coefficient (Wildman–Crippen LogP) is 4.98. The molecule has 0 unspecified atom stereocenters. The van der Waals surface area contributed by atoms with Gasteiger partial charge < -0.3 is 5.32 Å². The van der Waals surface area contributed by atoms with Crippen LogP contribution in [0.2, 0.25) is 10.0 Å². The topological polar surface area (TPSA) is 12.0 Å². The van der Waals surface area contributed by atoms with Crippen LogP contribution in [0.5, 0.6) is 0 Å². The average Bonchev–Trinajstić information content (AvgIpc) is 2.38. The van der Waals surface area contributed by atoms with Crippen molar-refractivity contribution in [3.63, 3.8) is 0 Å². The standard InChI is InChI=1S/C15H14Cl2FN/c1-10(11-5-7-12(16)8-6-11)19-9-13-14(17)3-2-4-15(13)18/h2-8,10,19H,9H2,1H3/t10-/m1/s1. The molecule has 0 saturated carbocycles. The fourth-order valence-electron chi connectivity index (χ4n) is 1.83. The lowest BCUT2D eigenvalue weighted by Crippen LogP contribution is -2.19. The van der Waals surface area contributed by atoms with Gasteiger partial charge in [-0.2, -0.15) is 0 Å². The zero-order valence-corrected chi connectivity index (χ0v) is 12.0. The van der Waals surface area contributed by atoms with Crippen molar-refractivity contribution in [1.29, 1.82) is 0 Å². The molecule has 1 N–H and O–H groups in total. The molecule has 2 rings (SSSR count). The maximum absolute atomic E-state index is 13.6. The van der Waals surface area contributed by atoms with Crippen molar-refractivity contribution in [2.45, 2.75) is 19.5 Å². The Labute approximate surface area is 122 Å². The number of hydrogen-bond acceptors (Lipinski definition) is 1. The van der Waals surface area contributed by atoms with Gasteiger partial charge in [-0.15, -0.1) is 0 Å². The molecule has 0 fully saturated rings. The third-order valence-corrected chi connectivity index (χ3v) is 3.62. The first-order chi connectivity index (χ1) is 9.08. The quantitative estimate of drug-likeness (QED) is 0.839. The summed E-state index contributed by atoms with van der Waals surface area (Å²) in [6.45, 7) is 2.40. The van der Waals surface area contributed by atoms with Crippen LogP contribution < -0.4 is 5.32 Å². The Hall–Kier alpha value is -1.09. The van der Waals surface area contributed by atoms with E-state index in [1.54, 1.807) is 12.1 Å². The molecule has 19 heavy (non-hydrogen) atoms. The Balaban J connectivity index is 2.04. The first-order valence-corrected chi connectivity index (χ1v) is 6.75. The second-order valence-electron chi connectivity index (χ2n) is 4.35. The average molecular weight is 298 g/mol. The first kappa shape index (κ1) is 14.3. The molecule has 0 bridgehead atoms. The van der Waals surface area contributed by atoms with Crippen LogP contribution in [0.15, 0.2) is 42.5 Å². The van der Waals surface area contributed by atoms with Gasteiger partial charge in [0, 0.05) is 28.2 Å². The summed E-state index contributed by atoms with van der Waals surface area (Å²) in [6, 6.07) is 12.4. The van der Waals surface area contributed by atoms with Crippen LogP contribution in [-0.4, -0.2) is 0 Å². The van der Waals surface area contributed by atoms with Crippen LogP contribution in [0.25, 0.3) is 0 Å². The molecule has 0 radical (unpaired) electrons. The van der Waals surface area contributed by atoms with Gasteiger partial charge >= 0.3 is 0 Å². The second kappa shape index (κ2) is 6.38. The molecule has 1 nitrogen and oxygen atoms in total. The van der Waals surface area contributed by atoms with Crippen molar-refractivity contribution >= 4 is 23.2 Å². The van der Waals surface area contributed by atoms with E-state index in [-0.39, 0.29) is 11.9 Å². The molecule has 1 atom stereocenters. The Bertz CT molecular complexity index is 534. The summed E-state index contributed by atoms with van der Waals surface area (Å²) < 4.78 is 13.6. The van der Waals surface area contributed by atoms with Gasteiger partial charge in [-0.3, -0.25) is 0 Å². The summed E-state index contributed by atoms with van der Waals surface area (Å²) in [7, 11) is 0. The molecule has 0 saturated heterocycles. The molecule has 0 aliphatic carbocycles. The molecule has 0 aliphatic rings. The van der Waals surface area contributed by atoms with Gasteiger partial charge in [-0.25, -0.2) is 4.39 Å². The van der Waals surface area contributed by atoms with Crippen LogP contribution in [0, 0.1) is 5.82 Å². The van der Waals surface area contributed by atoms with Crippen LogP contribution in [0.1, 0.15) is 24.1 Å². The maximum Gasteiger partial charge on any atom is 0.129 e. The lowest BCUT2D eigenvalue weighted by molar-refractivity contribution is 0.544. The number of hydrogen-bond donors (Lipinski definition) is 1. The maximum atomic E-state index is 13.6. The fraction of sp³-hybridized carbons (Fsp3) is 0.200. The zero-order valence-electron chi connectivity index (χ0n) is 10.5. The molecule has 0 aliphatic heterocycles. The van der Waals surface area contributed by atoms with Gasteiger partial charge in [-0.05, 0) is 36.8 Å². The normalized spacial score (nSPS) is 12.4. The Morgan fingerprint density at radius 2 is 1.79 bits per heavy atom. The third-order valence-electron chi connectivity index (χ3n) is 3.02. The van der Waals surface area contributed by atoms with Crippen molar-refractivity contribution in [3.05, 3.63) is 69.5 Å². The highest BCUT2D eigenvalue weighted by atomic mass is 35.5. The SMILES string of the molecule is C[C@@H](NCc1c(F)cccc1Cl)c1ccc(Cl)cc1. The molecule has 0 amide bonds. The van der Waals surface area contributed by atoms with E-state index < -0.39 is 0 Å². The number of benzene rings is 2. The van der Waals surface area contributed by atoms with E-state index in [0.717, 1.165) is 5.56 Å². The summed E-state index contributed by atoms with van der Waals surface area (Å²) in [4.78, 5) is 0. The number of halogens is 3. The molecule has 2 aromatic rings. The fourth-order valence-corrected chi connectivity index (χ4v) is 2.18. The monoisotopic (exact) mass is 297 g/mol. The molecule has 0 spiro atoms. The molecule has 4 heteroatoms. The van der Waals surface area contributed by atoms with Crippen LogP contribution in [0.4, 0.5) is 4.39 Å². The number of rotatable bonds is 4. The Morgan fingerprint density at radius 3 is 2.42 bits per heavy atom. The highest BCUT2D eigenvalue weighted by molar-refractivity contribution is 6.31. The molecule has 0 heterocycles. The summed E-state index contributed by atoms with van der Waals surface area (Å²) in [5, 5.41) is 4.39. The summed E-state index contributed by atoms with van der Waals surface area (Å²) in [5.41, 5.74) is 1.59. The van der Waals surface area contributed by atoms with Crippen molar-refractivity contribution in [1.82, 2.24) is 5.32 Å². The molecule has 100 valence electrons. The first-order valence-electron chi connectivity index (χ1n) is 5.99. The summed E-state index contributed by atoms with van der Waals surface area (Å²) >= 11 is 11.8. The number of nitrogens with one attached hydrogen (secondary N) is 1. The van der Waals surface area contributed by atoms with Crippen molar-refractivity contribution in [2.24, 2.45) is 0 Å². The van der Waals surface area contributed by atoms with E-state index in [2.05, 4.69) is 5.32 Å². The lowest BCUT2D eigenvalue weighted by atomic mass is 10.1. The van der Waals surface area contributed by atoms with Gasteiger partial charge in [0.15, 0.2) is 0 Å². The van der Waals surface area contributed by atoms with E-state index in [1.807, 2.05) is 31.2 Å². The summed E-state index contributed by atoms with van der Waals surface area (Å²) in [6.07, 6.45) is 0. The smallest absolute Gasteiger partial charge is 0.129 e. The highest BCUT2D eigenvalue weighted by Gasteiger charge is 2.09. The van der Waals surface area contributed by atoms with Gasteiger partial charge in [0.2, 0.25) is 0 Å². The van der Waals surface area contributed by atoms with E-state index in [0.29, 0.717) is 22.2 Å². The van der Waals surface area contributed by atoms with E-state index >= 15 is 0 Å². The van der Waals surface area contributed by atoms with Gasteiger partial charge in [-0.1, -0.05) is 41.4 Å². The Kier molecular flexibility index (Phi) is 4.81. The third kappa shape index (κ3) is 3.69. The molecule has 2 aromatic carbocycles. The minimum absolute atomic E-state index is 0.0907. The van der Waals surface area contributed by atoms with Crippen molar-refractivity contribution < 1.29 is 4.39 Å². The minimum atomic E-state index is -0.289. The van der Waals surface area contributed by atoms with Crippen LogP contribution in [0.3, 0.4) is 0 Å². The predicted molar refractivity (Wildman–Crippen MR) is 78.1 cm³/mol. The second-order valence-corrected chi connectivity index (χ2v) is 5.20. The van der Waals surface area contributed by atoms with Crippen molar-refractivity contribution in [2.75, 3.05) is 0 Å². The van der Waals surface area contributed by atoms with Gasteiger partial charge in [0.05, 0.1) is 0 Å². The largest absolute Gasteiger partial charge is 0.306 e. The summed E-state index contributed by atoms with van der Waals surface area (Å²) in [5.74, 6) is -0.289. The van der Waals surface area contributed by atoms with Crippen molar-refractivity contribution in [3.8, 4) is 0 Å². The van der Waals surface area contributed by atoms with Gasteiger partial charge in [0.25, 0.3) is 0 Å². The minimum Gasteiger partial charge on any atom is -0.306 e. The highest BCUT2D eigenvalue weighted by Crippen LogP contribution is 2.21. The van der Waals surface area contributed by atoms with Gasteiger partial charge in [0.1, 0.15) is 5.82 Å².